The number of nitrogens with zero attached hydrogens (tertiary/aromatic N) is 3. The topological polar surface area (TPSA) is 75.4 Å². The predicted octanol–water partition coefficient (Wildman–Crippen LogP) is 1.78. The molecule has 1 aromatic heterocycles. The Morgan fingerprint density at radius 3 is 2.61 bits per heavy atom. The van der Waals surface area contributed by atoms with Gasteiger partial charge < -0.3 is 10.0 Å². The molecule has 2 unspecified atom stereocenters. The van der Waals surface area contributed by atoms with Crippen LogP contribution in [-0.2, 0) is 16.6 Å². The zero-order valence-corrected chi connectivity index (χ0v) is 12.6. The molecule has 1 amide bonds. The first-order chi connectivity index (χ1) is 10.7. The molecule has 128 valence electrons. The fourth-order valence-electron chi connectivity index (χ4n) is 2.78. The number of aryl methyl sites for hydroxylation is 1. The lowest BCUT2D eigenvalue weighted by atomic mass is 9.85. The molecule has 0 bridgehead atoms. The molecule has 0 aromatic carbocycles. The Balaban J connectivity index is 2.09. The number of carbonyl (C=O) groups is 2. The Bertz CT molecular complexity index is 585. The Morgan fingerprint density at radius 2 is 2.09 bits per heavy atom. The Hall–Kier alpha value is -2.06. The van der Waals surface area contributed by atoms with E-state index in [1.54, 1.807) is 24.1 Å². The first kappa shape index (κ1) is 17.3. The van der Waals surface area contributed by atoms with E-state index in [4.69, 9.17) is 0 Å². The third-order valence-corrected chi connectivity index (χ3v) is 3.97. The van der Waals surface area contributed by atoms with Crippen molar-refractivity contribution in [3.8, 4) is 0 Å². The molecule has 1 aliphatic heterocycles. The highest BCUT2D eigenvalue weighted by atomic mass is 19.4. The van der Waals surface area contributed by atoms with Crippen LogP contribution in [0.1, 0.15) is 30.7 Å². The number of halogens is 3. The molecule has 2 heterocycles. The Morgan fingerprint density at radius 1 is 1.39 bits per heavy atom. The maximum absolute atomic E-state index is 12.3. The summed E-state index contributed by atoms with van der Waals surface area (Å²) in [5.74, 6) is -2.74. The highest BCUT2D eigenvalue weighted by Crippen LogP contribution is 2.31. The van der Waals surface area contributed by atoms with Crippen LogP contribution in [-0.4, -0.2) is 50.9 Å². The number of likely N-dealkylation sites (tertiary alicyclic amines) is 1. The third kappa shape index (κ3) is 4.70. The second kappa shape index (κ2) is 6.59. The molecule has 0 spiro atoms. The number of aromatic nitrogens is 2. The van der Waals surface area contributed by atoms with Crippen molar-refractivity contribution < 1.29 is 27.9 Å². The summed E-state index contributed by atoms with van der Waals surface area (Å²) in [5, 5.41) is 13.2. The zero-order valence-electron chi connectivity index (χ0n) is 12.6. The van der Waals surface area contributed by atoms with Gasteiger partial charge in [-0.2, -0.15) is 18.3 Å². The number of carbonyl (C=O) groups excluding carboxylic acids is 1. The van der Waals surface area contributed by atoms with E-state index >= 15 is 0 Å². The minimum absolute atomic E-state index is 0.0528. The maximum atomic E-state index is 12.3. The first-order valence-corrected chi connectivity index (χ1v) is 7.21. The second-order valence-electron chi connectivity index (χ2n) is 5.83. The molecule has 1 saturated heterocycles. The minimum Gasteiger partial charge on any atom is -0.481 e. The van der Waals surface area contributed by atoms with Crippen LogP contribution in [0.4, 0.5) is 13.2 Å². The van der Waals surface area contributed by atoms with Gasteiger partial charge in [-0.3, -0.25) is 14.3 Å². The molecule has 0 radical (unpaired) electrons. The van der Waals surface area contributed by atoms with Crippen LogP contribution in [0.3, 0.4) is 0 Å². The van der Waals surface area contributed by atoms with Crippen LogP contribution in [0, 0.1) is 5.92 Å². The normalized spacial score (nSPS) is 22.2. The lowest BCUT2D eigenvalue weighted by Crippen LogP contribution is -2.45. The van der Waals surface area contributed by atoms with Gasteiger partial charge in [0, 0.05) is 38.7 Å². The number of aliphatic carboxylic acids is 1. The number of carboxylic acid groups (broad SMARTS) is 1. The molecule has 9 heteroatoms. The molecule has 1 N–H and O–H groups in total. The lowest BCUT2D eigenvalue weighted by Gasteiger charge is -2.36. The molecule has 0 saturated carbocycles. The van der Waals surface area contributed by atoms with Crippen LogP contribution in [0.2, 0.25) is 0 Å². The summed E-state index contributed by atoms with van der Waals surface area (Å²) in [6.07, 6.45) is -2.60. The highest BCUT2D eigenvalue weighted by Gasteiger charge is 2.36. The highest BCUT2D eigenvalue weighted by molar-refractivity contribution is 5.78. The largest absolute Gasteiger partial charge is 0.481 e. The average molecular weight is 333 g/mol. The fourth-order valence-corrected chi connectivity index (χ4v) is 2.78. The molecular formula is C14H18F3N3O3. The molecular weight excluding hydrogens is 315 g/mol. The number of amides is 1. The van der Waals surface area contributed by atoms with Gasteiger partial charge in [-0.15, -0.1) is 0 Å². The van der Waals surface area contributed by atoms with Crippen molar-refractivity contribution in [2.24, 2.45) is 13.0 Å². The summed E-state index contributed by atoms with van der Waals surface area (Å²) in [4.78, 5) is 24.5. The number of hydrogen-bond donors (Lipinski definition) is 1. The second-order valence-corrected chi connectivity index (χ2v) is 5.83. The Kier molecular flexibility index (Phi) is 4.96. The average Bonchev–Trinajstić information content (AvgIpc) is 2.90. The van der Waals surface area contributed by atoms with Gasteiger partial charge in [0.1, 0.15) is 0 Å². The molecule has 0 aliphatic carbocycles. The van der Waals surface area contributed by atoms with Crippen LogP contribution >= 0.6 is 0 Å². The zero-order chi connectivity index (χ0) is 17.2. The number of hydrogen-bond acceptors (Lipinski definition) is 3. The van der Waals surface area contributed by atoms with Gasteiger partial charge in [0.15, 0.2) is 0 Å². The summed E-state index contributed by atoms with van der Waals surface area (Å²) in [7, 11) is 1.72. The van der Waals surface area contributed by atoms with Crippen molar-refractivity contribution in [3.63, 3.8) is 0 Å². The first-order valence-electron chi connectivity index (χ1n) is 7.21. The van der Waals surface area contributed by atoms with Crippen LogP contribution in [0.15, 0.2) is 12.4 Å². The Labute approximate surface area is 130 Å². The van der Waals surface area contributed by atoms with Crippen LogP contribution in [0.25, 0.3) is 0 Å². The monoisotopic (exact) mass is 333 g/mol. The lowest BCUT2D eigenvalue weighted by molar-refractivity contribution is -0.153. The molecule has 2 rings (SSSR count). The number of alkyl halides is 3. The smallest absolute Gasteiger partial charge is 0.389 e. The van der Waals surface area contributed by atoms with Crippen LogP contribution < -0.4 is 0 Å². The summed E-state index contributed by atoms with van der Waals surface area (Å²) < 4.78 is 38.3. The molecule has 1 aromatic rings. The summed E-state index contributed by atoms with van der Waals surface area (Å²) in [6.45, 7) is 0.162. The predicted molar refractivity (Wildman–Crippen MR) is 73.6 cm³/mol. The SMILES string of the molecule is Cn1cc(C2CC(C(=O)O)CN(C(=O)CCC(F)(F)F)C2)cn1. The number of rotatable bonds is 4. The van der Waals surface area contributed by atoms with E-state index in [0.717, 1.165) is 5.56 Å². The van der Waals surface area contributed by atoms with Crippen molar-refractivity contribution in [1.82, 2.24) is 14.7 Å². The van der Waals surface area contributed by atoms with Crippen LogP contribution in [0.5, 0.6) is 0 Å². The van der Waals surface area contributed by atoms with Gasteiger partial charge in [0.05, 0.1) is 18.5 Å². The van der Waals surface area contributed by atoms with Gasteiger partial charge in [-0.1, -0.05) is 0 Å². The van der Waals surface area contributed by atoms with Crippen molar-refractivity contribution in [2.45, 2.75) is 31.4 Å². The quantitative estimate of drug-likeness (QED) is 0.911. The fraction of sp³-hybridized carbons (Fsp3) is 0.643. The van der Waals surface area contributed by atoms with E-state index in [1.165, 1.54) is 4.90 Å². The standard InChI is InChI=1S/C14H18F3N3O3/c1-19-6-11(5-18-19)9-4-10(13(22)23)8-20(7-9)12(21)2-3-14(15,16)17/h5-6,9-10H,2-4,7-8H2,1H3,(H,22,23). The molecule has 23 heavy (non-hydrogen) atoms. The molecule has 1 aliphatic rings. The van der Waals surface area contributed by atoms with Gasteiger partial charge in [0.25, 0.3) is 0 Å². The minimum atomic E-state index is -4.40. The third-order valence-electron chi connectivity index (χ3n) is 3.97. The maximum Gasteiger partial charge on any atom is 0.389 e. The van der Waals surface area contributed by atoms with Gasteiger partial charge in [0.2, 0.25) is 5.91 Å². The van der Waals surface area contributed by atoms with E-state index in [2.05, 4.69) is 5.10 Å². The van der Waals surface area contributed by atoms with E-state index < -0.39 is 36.8 Å². The molecule has 6 nitrogen and oxygen atoms in total. The van der Waals surface area contributed by atoms with E-state index in [1.807, 2.05) is 0 Å². The van der Waals surface area contributed by atoms with Crippen molar-refractivity contribution in [3.05, 3.63) is 18.0 Å². The van der Waals surface area contributed by atoms with Gasteiger partial charge in [-0.05, 0) is 12.0 Å². The summed E-state index contributed by atoms with van der Waals surface area (Å²) in [5.41, 5.74) is 0.784. The van der Waals surface area contributed by atoms with Gasteiger partial charge >= 0.3 is 12.1 Å². The number of piperidine rings is 1. The van der Waals surface area contributed by atoms with Gasteiger partial charge in [-0.25, -0.2) is 0 Å². The number of carboxylic acids is 1. The summed E-state index contributed by atoms with van der Waals surface area (Å²) >= 11 is 0. The molecule has 2 atom stereocenters. The van der Waals surface area contributed by atoms with E-state index in [9.17, 15) is 27.9 Å². The van der Waals surface area contributed by atoms with Crippen molar-refractivity contribution in [1.29, 1.82) is 0 Å². The summed E-state index contributed by atoms with van der Waals surface area (Å²) in [6, 6.07) is 0. The van der Waals surface area contributed by atoms with Crippen molar-refractivity contribution in [2.75, 3.05) is 13.1 Å². The van der Waals surface area contributed by atoms with E-state index in [-0.39, 0.29) is 19.0 Å². The van der Waals surface area contributed by atoms with Crippen molar-refractivity contribution >= 4 is 11.9 Å². The van der Waals surface area contributed by atoms with E-state index in [0.29, 0.717) is 6.42 Å². The molecule has 1 fully saturated rings.